The minimum absolute atomic E-state index is 0.0118. The lowest BCUT2D eigenvalue weighted by atomic mass is 10.1. The van der Waals surface area contributed by atoms with Gasteiger partial charge in [-0.25, -0.2) is 4.79 Å². The Bertz CT molecular complexity index is 480. The van der Waals surface area contributed by atoms with E-state index in [0.29, 0.717) is 5.02 Å². The predicted molar refractivity (Wildman–Crippen MR) is 84.5 cm³/mol. The summed E-state index contributed by atoms with van der Waals surface area (Å²) in [5.41, 5.74) is 0.731. The minimum atomic E-state index is -2.09. The predicted octanol–water partition coefficient (Wildman–Crippen LogP) is 4.58. The highest BCUT2D eigenvalue weighted by molar-refractivity contribution is 6.74. The largest absolute Gasteiger partial charge is 0.467 e. The SMILES string of the molecule is COC(=O)[C@H](O[Si](C)(C)C(C)(C)C)c1cccc(Cl)c1. The molecule has 3 nitrogen and oxygen atoms in total. The number of carbonyl (C=O) groups is 1. The molecule has 1 rings (SSSR count). The van der Waals surface area contributed by atoms with Crippen LogP contribution in [0, 0.1) is 0 Å². The molecule has 0 unspecified atom stereocenters. The molecule has 1 aromatic carbocycles. The van der Waals surface area contributed by atoms with Crippen LogP contribution in [-0.2, 0) is 14.0 Å². The zero-order valence-corrected chi connectivity index (χ0v) is 14.7. The van der Waals surface area contributed by atoms with Gasteiger partial charge in [-0.3, -0.25) is 0 Å². The molecule has 0 saturated heterocycles. The fourth-order valence-electron chi connectivity index (χ4n) is 1.50. The second kappa shape index (κ2) is 6.29. The number of benzene rings is 1. The van der Waals surface area contributed by atoms with E-state index in [1.165, 1.54) is 7.11 Å². The first kappa shape index (κ1) is 17.2. The summed E-state index contributed by atoms with van der Waals surface area (Å²) in [5.74, 6) is -0.392. The number of methoxy groups -OCH3 is 1. The standard InChI is InChI=1S/C15H23ClO3Si/c1-15(2,3)20(5,6)19-13(14(17)18-4)11-8-7-9-12(16)10-11/h7-10,13H,1-6H3/t13-/m1/s1. The van der Waals surface area contributed by atoms with Crippen molar-refractivity contribution in [2.24, 2.45) is 0 Å². The van der Waals surface area contributed by atoms with Crippen LogP contribution in [0.15, 0.2) is 24.3 Å². The fourth-order valence-corrected chi connectivity index (χ4v) is 2.87. The second-order valence-electron chi connectivity index (χ2n) is 6.34. The summed E-state index contributed by atoms with van der Waals surface area (Å²) in [6, 6.07) is 7.16. The Balaban J connectivity index is 3.12. The third kappa shape index (κ3) is 4.07. The van der Waals surface area contributed by atoms with Crippen LogP contribution < -0.4 is 0 Å². The third-order valence-corrected chi connectivity index (χ3v) is 8.46. The molecule has 0 N–H and O–H groups in total. The van der Waals surface area contributed by atoms with Crippen molar-refractivity contribution in [2.75, 3.05) is 7.11 Å². The van der Waals surface area contributed by atoms with Crippen LogP contribution in [0.5, 0.6) is 0 Å². The Hall–Kier alpha value is -0.843. The van der Waals surface area contributed by atoms with Crippen molar-refractivity contribution >= 4 is 25.9 Å². The lowest BCUT2D eigenvalue weighted by Gasteiger charge is -2.38. The number of hydrogen-bond donors (Lipinski definition) is 0. The van der Waals surface area contributed by atoms with Crippen LogP contribution in [0.4, 0.5) is 0 Å². The summed E-state index contributed by atoms with van der Waals surface area (Å²) < 4.78 is 11.1. The van der Waals surface area contributed by atoms with Crippen molar-refractivity contribution in [1.82, 2.24) is 0 Å². The van der Waals surface area contributed by atoms with E-state index in [1.807, 2.05) is 12.1 Å². The first-order valence-electron chi connectivity index (χ1n) is 6.59. The average molecular weight is 315 g/mol. The molecule has 0 aliphatic rings. The van der Waals surface area contributed by atoms with Crippen molar-refractivity contribution in [2.45, 2.75) is 45.0 Å². The van der Waals surface area contributed by atoms with Gasteiger partial charge in [-0.2, -0.15) is 0 Å². The summed E-state index contributed by atoms with van der Waals surface area (Å²) in [6.45, 7) is 10.6. The number of hydrogen-bond acceptors (Lipinski definition) is 3. The van der Waals surface area contributed by atoms with Gasteiger partial charge < -0.3 is 9.16 Å². The summed E-state index contributed by atoms with van der Waals surface area (Å²) in [7, 11) is -0.721. The number of halogens is 1. The molecule has 0 amide bonds. The molecule has 0 fully saturated rings. The topological polar surface area (TPSA) is 35.5 Å². The highest BCUT2D eigenvalue weighted by Crippen LogP contribution is 2.40. The smallest absolute Gasteiger partial charge is 0.338 e. The highest BCUT2D eigenvalue weighted by atomic mass is 35.5. The Labute approximate surface area is 127 Å². The van der Waals surface area contributed by atoms with Gasteiger partial charge in [0.25, 0.3) is 0 Å². The van der Waals surface area contributed by atoms with Crippen molar-refractivity contribution in [3.63, 3.8) is 0 Å². The fraction of sp³-hybridized carbons (Fsp3) is 0.533. The van der Waals surface area contributed by atoms with Gasteiger partial charge >= 0.3 is 5.97 Å². The van der Waals surface area contributed by atoms with Gasteiger partial charge in [0.1, 0.15) is 0 Å². The van der Waals surface area contributed by atoms with Crippen LogP contribution in [-0.4, -0.2) is 21.4 Å². The lowest BCUT2D eigenvalue weighted by Crippen LogP contribution is -2.43. The van der Waals surface area contributed by atoms with Crippen LogP contribution >= 0.6 is 11.6 Å². The van der Waals surface area contributed by atoms with Gasteiger partial charge in [-0.15, -0.1) is 0 Å². The average Bonchev–Trinajstić information content (AvgIpc) is 2.33. The molecule has 0 aliphatic heterocycles. The first-order valence-corrected chi connectivity index (χ1v) is 9.88. The van der Waals surface area contributed by atoms with Gasteiger partial charge in [0.15, 0.2) is 14.4 Å². The zero-order chi connectivity index (χ0) is 15.6. The Kier molecular flexibility index (Phi) is 5.41. The van der Waals surface area contributed by atoms with Gasteiger partial charge in [-0.05, 0) is 35.8 Å². The molecule has 0 spiro atoms. The highest BCUT2D eigenvalue weighted by Gasteiger charge is 2.41. The second-order valence-corrected chi connectivity index (χ2v) is 11.5. The Morgan fingerprint density at radius 2 is 1.90 bits per heavy atom. The molecule has 1 aromatic rings. The molecule has 112 valence electrons. The summed E-state index contributed by atoms with van der Waals surface area (Å²) in [5, 5.41) is 0.591. The van der Waals surface area contributed by atoms with Crippen molar-refractivity contribution in [1.29, 1.82) is 0 Å². The lowest BCUT2D eigenvalue weighted by molar-refractivity contribution is -0.149. The molecule has 0 saturated carbocycles. The van der Waals surface area contributed by atoms with Crippen molar-refractivity contribution in [3.05, 3.63) is 34.9 Å². The molecule has 1 atom stereocenters. The number of carbonyl (C=O) groups excluding carboxylic acids is 1. The molecule has 0 aliphatic carbocycles. The quantitative estimate of drug-likeness (QED) is 0.603. The van der Waals surface area contributed by atoms with Crippen LogP contribution in [0.25, 0.3) is 0 Å². The molecule has 20 heavy (non-hydrogen) atoms. The molecular formula is C15H23ClO3Si. The van der Waals surface area contributed by atoms with E-state index in [2.05, 4.69) is 33.9 Å². The van der Waals surface area contributed by atoms with E-state index in [4.69, 9.17) is 20.8 Å². The zero-order valence-electron chi connectivity index (χ0n) is 13.0. The Morgan fingerprint density at radius 1 is 1.30 bits per heavy atom. The number of esters is 1. The van der Waals surface area contributed by atoms with E-state index in [1.54, 1.807) is 12.1 Å². The molecule has 5 heteroatoms. The van der Waals surface area contributed by atoms with Gasteiger partial charge in [0.2, 0.25) is 0 Å². The van der Waals surface area contributed by atoms with Crippen molar-refractivity contribution in [3.8, 4) is 0 Å². The first-order chi connectivity index (χ1) is 9.08. The maximum Gasteiger partial charge on any atom is 0.338 e. The van der Waals surface area contributed by atoms with E-state index in [-0.39, 0.29) is 5.04 Å². The van der Waals surface area contributed by atoms with Gasteiger partial charge in [0.05, 0.1) is 7.11 Å². The van der Waals surface area contributed by atoms with E-state index < -0.39 is 20.4 Å². The molecule has 0 aromatic heterocycles. The number of ether oxygens (including phenoxy) is 1. The van der Waals surface area contributed by atoms with Gasteiger partial charge in [0, 0.05) is 5.02 Å². The van der Waals surface area contributed by atoms with Gasteiger partial charge in [-0.1, -0.05) is 44.5 Å². The van der Waals surface area contributed by atoms with E-state index in [0.717, 1.165) is 5.56 Å². The summed E-state index contributed by atoms with van der Waals surface area (Å²) in [6.07, 6.45) is -0.723. The third-order valence-electron chi connectivity index (χ3n) is 3.79. The monoisotopic (exact) mass is 314 g/mol. The molecule has 0 heterocycles. The molecule has 0 radical (unpaired) electrons. The van der Waals surface area contributed by atoms with Crippen molar-refractivity contribution < 1.29 is 14.0 Å². The van der Waals surface area contributed by atoms with E-state index in [9.17, 15) is 4.79 Å². The molecule has 0 bridgehead atoms. The summed E-state index contributed by atoms with van der Waals surface area (Å²) >= 11 is 6.00. The summed E-state index contributed by atoms with van der Waals surface area (Å²) in [4.78, 5) is 12.1. The van der Waals surface area contributed by atoms with Crippen LogP contribution in [0.1, 0.15) is 32.4 Å². The van der Waals surface area contributed by atoms with Crippen LogP contribution in [0.3, 0.4) is 0 Å². The number of rotatable bonds is 4. The minimum Gasteiger partial charge on any atom is -0.467 e. The maximum absolute atomic E-state index is 12.1. The Morgan fingerprint density at radius 3 is 2.35 bits per heavy atom. The normalized spacial score (nSPS) is 13.9. The van der Waals surface area contributed by atoms with Crippen LogP contribution in [0.2, 0.25) is 23.2 Å². The molecular weight excluding hydrogens is 292 g/mol. The maximum atomic E-state index is 12.1. The van der Waals surface area contributed by atoms with E-state index >= 15 is 0 Å².